The Hall–Kier alpha value is -4.70. The topological polar surface area (TPSA) is 135 Å². The number of fused-ring (bicyclic) bond motifs is 1. The number of aromatic nitrogens is 4. The Morgan fingerprint density at radius 3 is 2.66 bits per heavy atom. The van der Waals surface area contributed by atoms with E-state index in [-0.39, 0.29) is 17.6 Å². The first kappa shape index (κ1) is 22.1. The van der Waals surface area contributed by atoms with Gasteiger partial charge in [0.1, 0.15) is 5.69 Å². The number of carbonyl (C=O) groups is 2. The molecule has 5 rings (SSSR count). The van der Waals surface area contributed by atoms with Gasteiger partial charge in [-0.25, -0.2) is 4.79 Å². The number of aryl methyl sites for hydroxylation is 1. The van der Waals surface area contributed by atoms with Crippen molar-refractivity contribution in [3.8, 4) is 11.4 Å². The van der Waals surface area contributed by atoms with E-state index in [1.165, 1.54) is 6.20 Å². The molecule has 3 heterocycles. The molecule has 0 atom stereocenters. The monoisotopic (exact) mass is 488 g/mol. The molecule has 3 aromatic heterocycles. The summed E-state index contributed by atoms with van der Waals surface area (Å²) in [6.07, 6.45) is 3.08. The highest BCUT2D eigenvalue weighted by Gasteiger charge is 2.18. The van der Waals surface area contributed by atoms with Gasteiger partial charge in [0.15, 0.2) is 5.82 Å². The highest BCUT2D eigenvalue weighted by atomic mass is 35.5. The fraction of sp³-hybridized carbons (Fsp3) is 0.0417. The predicted octanol–water partition coefficient (Wildman–Crippen LogP) is 4.07. The van der Waals surface area contributed by atoms with Crippen LogP contribution in [0.4, 0.5) is 11.4 Å². The van der Waals surface area contributed by atoms with Crippen molar-refractivity contribution in [1.82, 2.24) is 19.7 Å². The molecule has 0 saturated heterocycles. The summed E-state index contributed by atoms with van der Waals surface area (Å²) >= 11 is 6.10. The Labute approximate surface area is 202 Å². The Morgan fingerprint density at radius 1 is 1.06 bits per heavy atom. The zero-order chi connectivity index (χ0) is 24.5. The molecule has 0 spiro atoms. The molecule has 0 fully saturated rings. The third-order valence-electron chi connectivity index (χ3n) is 5.38. The molecular formula is C24H17ClN6O4. The summed E-state index contributed by atoms with van der Waals surface area (Å²) in [7, 11) is 1.75. The largest absolute Gasteiger partial charge is 0.439 e. The summed E-state index contributed by atoms with van der Waals surface area (Å²) in [6, 6.07) is 15.2. The molecule has 0 radical (unpaired) electrons. The lowest BCUT2D eigenvalue weighted by Crippen LogP contribution is -2.16. The van der Waals surface area contributed by atoms with E-state index in [1.807, 2.05) is 6.07 Å². The Kier molecular flexibility index (Phi) is 5.63. The third kappa shape index (κ3) is 4.42. The fourth-order valence-corrected chi connectivity index (χ4v) is 3.85. The van der Waals surface area contributed by atoms with Crippen molar-refractivity contribution >= 4 is 45.7 Å². The van der Waals surface area contributed by atoms with Gasteiger partial charge in [-0.2, -0.15) is 0 Å². The van der Waals surface area contributed by atoms with E-state index < -0.39 is 5.76 Å². The lowest BCUT2D eigenvalue weighted by atomic mass is 10.1. The number of rotatable bonds is 5. The molecule has 0 aliphatic carbocycles. The predicted molar refractivity (Wildman–Crippen MR) is 131 cm³/mol. The number of pyridine rings is 1. The molecule has 0 aliphatic rings. The minimum Gasteiger partial charge on any atom is -0.340 e. The number of nitrogens with one attached hydrogen (secondary N) is 3. The molecule has 5 aromatic rings. The van der Waals surface area contributed by atoms with Gasteiger partial charge in [-0.05, 0) is 48.5 Å². The van der Waals surface area contributed by atoms with Crippen molar-refractivity contribution < 1.29 is 14.1 Å². The number of nitrogens with zero attached hydrogens (tertiary/aromatic N) is 3. The zero-order valence-electron chi connectivity index (χ0n) is 18.2. The minimum absolute atomic E-state index is 0.138. The van der Waals surface area contributed by atoms with Crippen LogP contribution in [0.2, 0.25) is 5.02 Å². The van der Waals surface area contributed by atoms with Crippen LogP contribution in [0.25, 0.3) is 22.3 Å². The lowest BCUT2D eigenvalue weighted by Gasteiger charge is -2.10. The van der Waals surface area contributed by atoms with Crippen LogP contribution in [-0.4, -0.2) is 31.5 Å². The minimum atomic E-state index is -0.725. The Bertz CT molecular complexity index is 1640. The van der Waals surface area contributed by atoms with Crippen molar-refractivity contribution in [3.05, 3.63) is 93.8 Å². The number of aromatic amines is 1. The van der Waals surface area contributed by atoms with Gasteiger partial charge >= 0.3 is 5.76 Å². The van der Waals surface area contributed by atoms with E-state index in [2.05, 4.69) is 30.3 Å². The van der Waals surface area contributed by atoms with Crippen LogP contribution in [0, 0.1) is 0 Å². The summed E-state index contributed by atoms with van der Waals surface area (Å²) < 4.78 is 6.30. The highest BCUT2D eigenvalue weighted by Crippen LogP contribution is 2.29. The second-order valence-electron chi connectivity index (χ2n) is 7.65. The number of benzene rings is 2. The number of carbonyl (C=O) groups excluding carboxylic acids is 2. The Morgan fingerprint density at radius 2 is 1.91 bits per heavy atom. The summed E-state index contributed by atoms with van der Waals surface area (Å²) in [4.78, 5) is 43.4. The number of hydrogen-bond donors (Lipinski definition) is 3. The van der Waals surface area contributed by atoms with Crippen LogP contribution in [0.1, 0.15) is 20.8 Å². The van der Waals surface area contributed by atoms with E-state index in [1.54, 1.807) is 66.3 Å². The SMILES string of the molecule is Cn1c(C(=O)Nc2ccc(Cl)cc2-c2noc(=O)[nH]2)cc2ccc(NC(=O)c3cccnc3)cc21. The first-order valence-corrected chi connectivity index (χ1v) is 10.7. The number of hydrogen-bond acceptors (Lipinski definition) is 6. The number of amides is 2. The van der Waals surface area contributed by atoms with Crippen LogP contribution in [-0.2, 0) is 7.05 Å². The molecule has 0 unspecified atom stereocenters. The molecular weight excluding hydrogens is 472 g/mol. The van der Waals surface area contributed by atoms with Crippen LogP contribution < -0.4 is 16.4 Å². The second kappa shape index (κ2) is 8.92. The van der Waals surface area contributed by atoms with E-state index in [0.717, 1.165) is 10.9 Å². The van der Waals surface area contributed by atoms with E-state index >= 15 is 0 Å². The molecule has 0 aliphatic heterocycles. The molecule has 3 N–H and O–H groups in total. The highest BCUT2D eigenvalue weighted by molar-refractivity contribution is 6.31. The molecule has 2 amide bonds. The maximum absolute atomic E-state index is 13.2. The molecule has 174 valence electrons. The standard InChI is InChI=1S/C24H17ClN6O4/c1-31-19-11-16(27-22(32)14-3-2-8-26-12-14)6-4-13(19)9-20(31)23(33)28-18-7-5-15(25)10-17(18)21-29-24(34)35-30-21/h2-12H,1H3,(H,27,32)(H,28,33)(H,29,30,34). The van der Waals surface area contributed by atoms with Crippen molar-refractivity contribution in [2.75, 3.05) is 10.6 Å². The normalized spacial score (nSPS) is 10.9. The molecule has 11 heteroatoms. The first-order valence-electron chi connectivity index (χ1n) is 10.4. The van der Waals surface area contributed by atoms with E-state index in [4.69, 9.17) is 11.6 Å². The Balaban J connectivity index is 1.43. The number of halogens is 1. The average molecular weight is 489 g/mol. The number of H-pyrrole nitrogens is 1. The van der Waals surface area contributed by atoms with Gasteiger partial charge in [0.25, 0.3) is 11.8 Å². The molecule has 10 nitrogen and oxygen atoms in total. The summed E-state index contributed by atoms with van der Waals surface area (Å²) in [5, 5.41) is 10.6. The van der Waals surface area contributed by atoms with Gasteiger partial charge in [0.05, 0.1) is 16.8 Å². The van der Waals surface area contributed by atoms with Crippen LogP contribution in [0.5, 0.6) is 0 Å². The summed E-state index contributed by atoms with van der Waals surface area (Å²) in [5.41, 5.74) is 2.93. The van der Waals surface area contributed by atoms with Gasteiger partial charge < -0.3 is 15.2 Å². The van der Waals surface area contributed by atoms with Crippen molar-refractivity contribution in [2.45, 2.75) is 0 Å². The van der Waals surface area contributed by atoms with Gasteiger partial charge in [-0.3, -0.25) is 24.1 Å². The van der Waals surface area contributed by atoms with Crippen molar-refractivity contribution in [2.24, 2.45) is 7.05 Å². The van der Waals surface area contributed by atoms with Gasteiger partial charge in [-0.1, -0.05) is 22.8 Å². The zero-order valence-corrected chi connectivity index (χ0v) is 19.0. The van der Waals surface area contributed by atoms with Crippen LogP contribution in [0.15, 0.2) is 76.3 Å². The van der Waals surface area contributed by atoms with Gasteiger partial charge in [0.2, 0.25) is 0 Å². The molecule has 35 heavy (non-hydrogen) atoms. The van der Waals surface area contributed by atoms with Gasteiger partial charge in [0, 0.05) is 41.1 Å². The second-order valence-corrected chi connectivity index (χ2v) is 8.08. The van der Waals surface area contributed by atoms with E-state index in [9.17, 15) is 14.4 Å². The maximum atomic E-state index is 13.2. The van der Waals surface area contributed by atoms with Crippen molar-refractivity contribution in [3.63, 3.8) is 0 Å². The van der Waals surface area contributed by atoms with Crippen LogP contribution in [0.3, 0.4) is 0 Å². The van der Waals surface area contributed by atoms with Crippen LogP contribution >= 0.6 is 11.6 Å². The number of anilines is 2. The average Bonchev–Trinajstić information content (AvgIpc) is 3.44. The quantitative estimate of drug-likeness (QED) is 0.341. The fourth-order valence-electron chi connectivity index (χ4n) is 3.68. The maximum Gasteiger partial charge on any atom is 0.439 e. The summed E-state index contributed by atoms with van der Waals surface area (Å²) in [5.74, 6) is -1.26. The first-order chi connectivity index (χ1) is 16.9. The smallest absolute Gasteiger partial charge is 0.340 e. The van der Waals surface area contributed by atoms with Crippen molar-refractivity contribution in [1.29, 1.82) is 0 Å². The molecule has 2 aromatic carbocycles. The lowest BCUT2D eigenvalue weighted by molar-refractivity contribution is 0.101. The third-order valence-corrected chi connectivity index (χ3v) is 5.62. The molecule has 0 saturated carbocycles. The van der Waals surface area contributed by atoms with E-state index in [0.29, 0.717) is 33.2 Å². The van der Waals surface area contributed by atoms with Gasteiger partial charge in [-0.15, -0.1) is 0 Å². The molecule has 0 bridgehead atoms. The summed E-state index contributed by atoms with van der Waals surface area (Å²) in [6.45, 7) is 0.